The zero-order chi connectivity index (χ0) is 15.0. The quantitative estimate of drug-likeness (QED) is 0.668. The molecule has 0 radical (unpaired) electrons. The third kappa shape index (κ3) is 6.94. The Kier molecular flexibility index (Phi) is 6.79. The number of hydrogen-bond acceptors (Lipinski definition) is 4. The third-order valence-corrected chi connectivity index (χ3v) is 2.54. The lowest BCUT2D eigenvalue weighted by molar-refractivity contribution is 0.250. The van der Waals surface area contributed by atoms with E-state index in [0.29, 0.717) is 5.82 Å². The van der Waals surface area contributed by atoms with Gasteiger partial charge in [0.15, 0.2) is 0 Å². The Balaban J connectivity index is 2.34. The molecule has 0 fully saturated rings. The average molecular weight is 279 g/mol. The molecular formula is C14H25N5O. The van der Waals surface area contributed by atoms with Gasteiger partial charge in [0.2, 0.25) is 0 Å². The predicted octanol–water partition coefficient (Wildman–Crippen LogP) is 1.98. The number of nitrogens with zero attached hydrogens (tertiary/aromatic N) is 2. The Morgan fingerprint density at radius 2 is 2.10 bits per heavy atom. The summed E-state index contributed by atoms with van der Waals surface area (Å²) in [6.07, 6.45) is 2.80. The van der Waals surface area contributed by atoms with Gasteiger partial charge in [0.25, 0.3) is 0 Å². The molecule has 20 heavy (non-hydrogen) atoms. The first-order valence-electron chi connectivity index (χ1n) is 6.89. The fourth-order valence-corrected chi connectivity index (χ4v) is 1.61. The zero-order valence-electron chi connectivity index (χ0n) is 12.7. The van der Waals surface area contributed by atoms with E-state index in [4.69, 9.17) is 0 Å². The van der Waals surface area contributed by atoms with Gasteiger partial charge in [-0.15, -0.1) is 0 Å². The summed E-state index contributed by atoms with van der Waals surface area (Å²) in [6, 6.07) is 3.56. The van der Waals surface area contributed by atoms with Crippen LogP contribution in [0.25, 0.3) is 0 Å². The van der Waals surface area contributed by atoms with Gasteiger partial charge in [0.1, 0.15) is 5.82 Å². The molecule has 0 aliphatic carbocycles. The number of nitrogens with one attached hydrogen (secondary N) is 3. The molecule has 0 spiro atoms. The minimum atomic E-state index is -0.237. The third-order valence-electron chi connectivity index (χ3n) is 2.54. The highest BCUT2D eigenvalue weighted by Crippen LogP contribution is 2.09. The maximum Gasteiger partial charge on any atom is 0.320 e. The maximum atomic E-state index is 11.5. The summed E-state index contributed by atoms with van der Waals surface area (Å²) in [4.78, 5) is 17.8. The lowest BCUT2D eigenvalue weighted by atomic mass is 10.3. The smallest absolute Gasteiger partial charge is 0.320 e. The number of hydrogen-bond donors (Lipinski definition) is 3. The normalized spacial score (nSPS) is 10.7. The topological polar surface area (TPSA) is 69.3 Å². The number of anilines is 2. The van der Waals surface area contributed by atoms with Crippen LogP contribution in [0.15, 0.2) is 18.3 Å². The van der Waals surface area contributed by atoms with Crippen molar-refractivity contribution in [2.75, 3.05) is 37.8 Å². The molecule has 6 nitrogen and oxygen atoms in total. The highest BCUT2D eigenvalue weighted by Gasteiger charge is 2.03. The van der Waals surface area contributed by atoms with Crippen LogP contribution in [0.1, 0.15) is 20.3 Å². The van der Waals surface area contributed by atoms with Crippen LogP contribution in [0.3, 0.4) is 0 Å². The molecule has 0 aliphatic heterocycles. The van der Waals surface area contributed by atoms with Gasteiger partial charge in [-0.2, -0.15) is 0 Å². The van der Waals surface area contributed by atoms with Crippen LogP contribution in [-0.2, 0) is 0 Å². The first-order valence-corrected chi connectivity index (χ1v) is 6.89. The summed E-state index contributed by atoms with van der Waals surface area (Å²) in [6.45, 7) is 5.78. The van der Waals surface area contributed by atoms with Gasteiger partial charge >= 0.3 is 6.03 Å². The molecule has 6 heteroatoms. The molecular weight excluding hydrogens is 254 g/mol. The largest absolute Gasteiger partial charge is 0.384 e. The van der Waals surface area contributed by atoms with Crippen LogP contribution in [0.5, 0.6) is 0 Å². The van der Waals surface area contributed by atoms with Crippen molar-refractivity contribution in [3.63, 3.8) is 0 Å². The molecule has 0 bridgehead atoms. The van der Waals surface area contributed by atoms with Crippen molar-refractivity contribution in [1.82, 2.24) is 15.2 Å². The zero-order valence-corrected chi connectivity index (χ0v) is 12.7. The van der Waals surface area contributed by atoms with Crippen molar-refractivity contribution >= 4 is 17.5 Å². The van der Waals surface area contributed by atoms with Crippen LogP contribution >= 0.6 is 0 Å². The fraction of sp³-hybridized carbons (Fsp3) is 0.571. The summed E-state index contributed by atoms with van der Waals surface area (Å²) in [5, 5.41) is 8.73. The monoisotopic (exact) mass is 279 g/mol. The van der Waals surface area contributed by atoms with Crippen LogP contribution < -0.4 is 16.0 Å². The number of rotatable bonds is 7. The lowest BCUT2D eigenvalue weighted by Gasteiger charge is -2.11. The highest BCUT2D eigenvalue weighted by atomic mass is 16.2. The number of urea groups is 1. The molecule has 1 heterocycles. The molecule has 112 valence electrons. The van der Waals surface area contributed by atoms with E-state index in [1.54, 1.807) is 12.3 Å². The second kappa shape index (κ2) is 8.37. The summed E-state index contributed by atoms with van der Waals surface area (Å²) in [5.41, 5.74) is 0.957. The van der Waals surface area contributed by atoms with Crippen LogP contribution in [0.4, 0.5) is 16.3 Å². The molecule has 1 aromatic heterocycles. The van der Waals surface area contributed by atoms with Gasteiger partial charge in [-0.25, -0.2) is 9.78 Å². The molecule has 0 unspecified atom stereocenters. The van der Waals surface area contributed by atoms with Gasteiger partial charge in [0.05, 0.1) is 11.9 Å². The fourth-order valence-electron chi connectivity index (χ4n) is 1.61. The molecule has 0 saturated carbocycles. The summed E-state index contributed by atoms with van der Waals surface area (Å²) < 4.78 is 0. The minimum Gasteiger partial charge on any atom is -0.384 e. The van der Waals surface area contributed by atoms with Gasteiger partial charge < -0.3 is 15.5 Å². The molecule has 0 atom stereocenters. The van der Waals surface area contributed by atoms with E-state index in [1.165, 1.54) is 0 Å². The first kappa shape index (κ1) is 16.2. The van der Waals surface area contributed by atoms with Crippen molar-refractivity contribution in [3.8, 4) is 0 Å². The highest BCUT2D eigenvalue weighted by molar-refractivity contribution is 5.88. The average Bonchev–Trinajstić information content (AvgIpc) is 2.35. The van der Waals surface area contributed by atoms with Gasteiger partial charge in [-0.05, 0) is 53.0 Å². The van der Waals surface area contributed by atoms with Crippen molar-refractivity contribution in [2.45, 2.75) is 26.3 Å². The van der Waals surface area contributed by atoms with E-state index < -0.39 is 0 Å². The number of carbonyl (C=O) groups excluding carboxylic acids is 1. The first-order chi connectivity index (χ1) is 9.47. The minimum absolute atomic E-state index is 0.104. The van der Waals surface area contributed by atoms with Gasteiger partial charge in [0, 0.05) is 12.6 Å². The Bertz CT molecular complexity index is 403. The standard InChI is InChI=1S/C14H25N5O/c1-11(2)17-14(20)18-13-7-6-12(10-16-13)15-8-5-9-19(3)4/h6-7,10-11,15H,5,8-9H2,1-4H3,(H2,16,17,18,20). The molecule has 1 aromatic rings. The molecule has 2 amide bonds. The van der Waals surface area contributed by atoms with Crippen LogP contribution in [0, 0.1) is 0 Å². The second-order valence-electron chi connectivity index (χ2n) is 5.27. The summed E-state index contributed by atoms with van der Waals surface area (Å²) >= 11 is 0. The number of amides is 2. The Morgan fingerprint density at radius 3 is 2.65 bits per heavy atom. The number of carbonyl (C=O) groups is 1. The van der Waals surface area contributed by atoms with E-state index >= 15 is 0 Å². The van der Waals surface area contributed by atoms with Gasteiger partial charge in [-0.1, -0.05) is 0 Å². The van der Waals surface area contributed by atoms with Crippen molar-refractivity contribution < 1.29 is 4.79 Å². The predicted molar refractivity (Wildman–Crippen MR) is 83.2 cm³/mol. The molecule has 3 N–H and O–H groups in total. The molecule has 0 saturated heterocycles. The van der Waals surface area contributed by atoms with Crippen molar-refractivity contribution in [1.29, 1.82) is 0 Å². The SMILES string of the molecule is CC(C)NC(=O)Nc1ccc(NCCCN(C)C)cn1. The van der Waals surface area contributed by atoms with Crippen molar-refractivity contribution in [2.24, 2.45) is 0 Å². The Morgan fingerprint density at radius 1 is 1.35 bits per heavy atom. The van der Waals surface area contributed by atoms with E-state index in [1.807, 2.05) is 19.9 Å². The molecule has 0 aromatic carbocycles. The molecule has 0 aliphatic rings. The van der Waals surface area contributed by atoms with Crippen LogP contribution in [-0.4, -0.2) is 49.1 Å². The van der Waals surface area contributed by atoms with E-state index in [0.717, 1.165) is 25.2 Å². The van der Waals surface area contributed by atoms with Crippen LogP contribution in [0.2, 0.25) is 0 Å². The maximum absolute atomic E-state index is 11.5. The van der Waals surface area contributed by atoms with Gasteiger partial charge in [-0.3, -0.25) is 5.32 Å². The Hall–Kier alpha value is -1.82. The lowest BCUT2D eigenvalue weighted by Crippen LogP contribution is -2.34. The second-order valence-corrected chi connectivity index (χ2v) is 5.27. The summed E-state index contributed by atoms with van der Waals surface area (Å²) in [7, 11) is 4.12. The molecule has 1 rings (SSSR count). The van der Waals surface area contributed by atoms with E-state index in [2.05, 4.69) is 39.9 Å². The number of aromatic nitrogens is 1. The van der Waals surface area contributed by atoms with Crippen molar-refractivity contribution in [3.05, 3.63) is 18.3 Å². The number of pyridine rings is 1. The van der Waals surface area contributed by atoms with E-state index in [-0.39, 0.29) is 12.1 Å². The summed E-state index contributed by atoms with van der Waals surface area (Å²) in [5.74, 6) is 0.544. The Labute approximate surface area is 121 Å². The van der Waals surface area contributed by atoms with E-state index in [9.17, 15) is 4.79 Å².